The number of ether oxygens (including phenoxy) is 1. The topological polar surface area (TPSA) is 29.5 Å². The standard InChI is InChI=1S/C14H20BrNO2S/c1-3-7-18-11-5-4-6-16(9-11)14(17)12-8-10(2)13(15)19-12/h8,11H,3-7,9H2,1-2H3. The summed E-state index contributed by atoms with van der Waals surface area (Å²) in [5.41, 5.74) is 1.13. The number of carbonyl (C=O) groups is 1. The van der Waals surface area contributed by atoms with Crippen molar-refractivity contribution in [1.29, 1.82) is 0 Å². The molecule has 2 heterocycles. The third-order valence-corrected chi connectivity index (χ3v) is 5.42. The van der Waals surface area contributed by atoms with Crippen LogP contribution >= 0.6 is 27.3 Å². The maximum atomic E-state index is 12.4. The van der Waals surface area contributed by atoms with Crippen LogP contribution in [0, 0.1) is 6.92 Å². The summed E-state index contributed by atoms with van der Waals surface area (Å²) in [5, 5.41) is 0. The average molecular weight is 346 g/mol. The Bertz CT molecular complexity index is 427. The molecule has 1 atom stereocenters. The van der Waals surface area contributed by atoms with Gasteiger partial charge in [0.1, 0.15) is 0 Å². The first-order valence-electron chi connectivity index (χ1n) is 6.78. The number of nitrogens with zero attached hydrogens (tertiary/aromatic N) is 1. The molecule has 2 rings (SSSR count). The molecule has 0 spiro atoms. The number of rotatable bonds is 4. The summed E-state index contributed by atoms with van der Waals surface area (Å²) >= 11 is 5.00. The molecule has 1 amide bonds. The molecule has 1 fully saturated rings. The van der Waals surface area contributed by atoms with Crippen molar-refractivity contribution in [2.45, 2.75) is 39.2 Å². The molecule has 1 unspecified atom stereocenters. The fraction of sp³-hybridized carbons (Fsp3) is 0.643. The Morgan fingerprint density at radius 3 is 3.05 bits per heavy atom. The monoisotopic (exact) mass is 345 g/mol. The zero-order valence-electron chi connectivity index (χ0n) is 11.4. The van der Waals surface area contributed by atoms with Crippen molar-refractivity contribution in [2.75, 3.05) is 19.7 Å². The van der Waals surface area contributed by atoms with Gasteiger partial charge in [-0.1, -0.05) is 6.92 Å². The van der Waals surface area contributed by atoms with Crippen LogP contribution in [0.25, 0.3) is 0 Å². The number of thiophene rings is 1. The van der Waals surface area contributed by atoms with Gasteiger partial charge in [0.25, 0.3) is 5.91 Å². The predicted molar refractivity (Wildman–Crippen MR) is 81.9 cm³/mol. The van der Waals surface area contributed by atoms with Gasteiger partial charge >= 0.3 is 0 Å². The maximum absolute atomic E-state index is 12.4. The lowest BCUT2D eigenvalue weighted by molar-refractivity contribution is 0.00227. The van der Waals surface area contributed by atoms with Crippen LogP contribution in [0.3, 0.4) is 0 Å². The molecule has 5 heteroatoms. The minimum absolute atomic E-state index is 0.142. The number of hydrogen-bond donors (Lipinski definition) is 0. The highest BCUT2D eigenvalue weighted by Gasteiger charge is 2.26. The minimum Gasteiger partial charge on any atom is -0.376 e. The van der Waals surface area contributed by atoms with E-state index in [-0.39, 0.29) is 12.0 Å². The lowest BCUT2D eigenvalue weighted by Gasteiger charge is -2.32. The third kappa shape index (κ3) is 3.80. The summed E-state index contributed by atoms with van der Waals surface area (Å²) < 4.78 is 6.83. The van der Waals surface area contributed by atoms with Crippen LogP contribution in [0.1, 0.15) is 41.4 Å². The summed E-state index contributed by atoms with van der Waals surface area (Å²) in [6, 6.07) is 1.97. The second-order valence-corrected chi connectivity index (χ2v) is 7.32. The maximum Gasteiger partial charge on any atom is 0.264 e. The first-order valence-corrected chi connectivity index (χ1v) is 8.39. The van der Waals surface area contributed by atoms with E-state index in [1.807, 2.05) is 17.9 Å². The zero-order valence-corrected chi connectivity index (χ0v) is 13.8. The molecule has 19 heavy (non-hydrogen) atoms. The van der Waals surface area contributed by atoms with Crippen molar-refractivity contribution >= 4 is 33.2 Å². The molecular formula is C14H20BrNO2S. The van der Waals surface area contributed by atoms with Gasteiger partial charge in [0.2, 0.25) is 0 Å². The lowest BCUT2D eigenvalue weighted by Crippen LogP contribution is -2.43. The van der Waals surface area contributed by atoms with E-state index in [1.165, 1.54) is 11.3 Å². The van der Waals surface area contributed by atoms with Gasteiger partial charge in [0.15, 0.2) is 0 Å². The number of piperidine rings is 1. The molecule has 0 aliphatic carbocycles. The Kier molecular flexibility index (Phi) is 5.42. The Morgan fingerprint density at radius 1 is 1.63 bits per heavy atom. The normalized spacial score (nSPS) is 19.7. The van der Waals surface area contributed by atoms with Gasteiger partial charge in [-0.2, -0.15) is 0 Å². The van der Waals surface area contributed by atoms with Gasteiger partial charge in [-0.05, 0) is 53.7 Å². The van der Waals surface area contributed by atoms with E-state index in [0.717, 1.165) is 53.2 Å². The molecule has 0 bridgehead atoms. The Balaban J connectivity index is 1.98. The SMILES string of the molecule is CCCOC1CCCN(C(=O)c2cc(C)c(Br)s2)C1. The average Bonchev–Trinajstić information content (AvgIpc) is 2.76. The van der Waals surface area contributed by atoms with Gasteiger partial charge in [-0.15, -0.1) is 11.3 Å². The van der Waals surface area contributed by atoms with Crippen LogP contribution in [-0.2, 0) is 4.74 Å². The van der Waals surface area contributed by atoms with Crippen LogP contribution in [0.2, 0.25) is 0 Å². The van der Waals surface area contributed by atoms with Crippen LogP contribution in [0.15, 0.2) is 9.85 Å². The fourth-order valence-corrected chi connectivity index (χ4v) is 3.77. The molecule has 0 radical (unpaired) electrons. The smallest absolute Gasteiger partial charge is 0.264 e. The number of halogens is 1. The van der Waals surface area contributed by atoms with E-state index in [0.29, 0.717) is 0 Å². The summed E-state index contributed by atoms with van der Waals surface area (Å²) in [5.74, 6) is 0.142. The predicted octanol–water partition coefficient (Wildman–Crippen LogP) is 3.85. The van der Waals surface area contributed by atoms with Crippen molar-refractivity contribution in [1.82, 2.24) is 4.90 Å². The van der Waals surface area contributed by atoms with Crippen LogP contribution in [0.5, 0.6) is 0 Å². The van der Waals surface area contributed by atoms with Crippen molar-refractivity contribution < 1.29 is 9.53 Å². The van der Waals surface area contributed by atoms with Gasteiger partial charge in [0, 0.05) is 19.7 Å². The van der Waals surface area contributed by atoms with Crippen molar-refractivity contribution in [3.8, 4) is 0 Å². The number of amides is 1. The van der Waals surface area contributed by atoms with E-state index in [2.05, 4.69) is 22.9 Å². The largest absolute Gasteiger partial charge is 0.376 e. The van der Waals surface area contributed by atoms with Gasteiger partial charge in [-0.25, -0.2) is 0 Å². The van der Waals surface area contributed by atoms with E-state index in [9.17, 15) is 4.79 Å². The molecule has 1 saturated heterocycles. The number of aryl methyl sites for hydroxylation is 1. The van der Waals surface area contributed by atoms with Gasteiger partial charge < -0.3 is 9.64 Å². The lowest BCUT2D eigenvalue weighted by atomic mass is 10.1. The van der Waals surface area contributed by atoms with Gasteiger partial charge in [0.05, 0.1) is 14.8 Å². The third-order valence-electron chi connectivity index (χ3n) is 3.29. The van der Waals surface area contributed by atoms with E-state index in [4.69, 9.17) is 4.74 Å². The minimum atomic E-state index is 0.142. The Morgan fingerprint density at radius 2 is 2.42 bits per heavy atom. The van der Waals surface area contributed by atoms with E-state index >= 15 is 0 Å². The highest BCUT2D eigenvalue weighted by Crippen LogP contribution is 2.29. The molecule has 0 aromatic carbocycles. The molecule has 3 nitrogen and oxygen atoms in total. The molecule has 1 aliphatic heterocycles. The van der Waals surface area contributed by atoms with Crippen LogP contribution in [-0.4, -0.2) is 36.6 Å². The molecule has 1 aliphatic rings. The van der Waals surface area contributed by atoms with Crippen LogP contribution in [0.4, 0.5) is 0 Å². The molecule has 0 N–H and O–H groups in total. The first-order chi connectivity index (χ1) is 9.11. The first kappa shape index (κ1) is 15.0. The highest BCUT2D eigenvalue weighted by molar-refractivity contribution is 9.11. The molecule has 0 saturated carbocycles. The highest BCUT2D eigenvalue weighted by atomic mass is 79.9. The Hall–Kier alpha value is -0.390. The molecule has 106 valence electrons. The zero-order chi connectivity index (χ0) is 13.8. The quantitative estimate of drug-likeness (QED) is 0.829. The van der Waals surface area contributed by atoms with Crippen LogP contribution < -0.4 is 0 Å². The summed E-state index contributed by atoms with van der Waals surface area (Å²) in [7, 11) is 0. The summed E-state index contributed by atoms with van der Waals surface area (Å²) in [6.07, 6.45) is 3.34. The van der Waals surface area contributed by atoms with Gasteiger partial charge in [-0.3, -0.25) is 4.79 Å². The summed E-state index contributed by atoms with van der Waals surface area (Å²) in [6.45, 7) is 6.49. The van der Waals surface area contributed by atoms with E-state index in [1.54, 1.807) is 0 Å². The van der Waals surface area contributed by atoms with Crippen molar-refractivity contribution in [3.63, 3.8) is 0 Å². The Labute approximate surface area is 127 Å². The summed E-state index contributed by atoms with van der Waals surface area (Å²) in [4.78, 5) is 15.2. The molecule has 1 aromatic heterocycles. The van der Waals surface area contributed by atoms with Crippen molar-refractivity contribution in [2.24, 2.45) is 0 Å². The second-order valence-electron chi connectivity index (χ2n) is 4.95. The molecule has 1 aromatic rings. The molecular weight excluding hydrogens is 326 g/mol. The number of likely N-dealkylation sites (tertiary alicyclic amines) is 1. The van der Waals surface area contributed by atoms with Crippen molar-refractivity contribution in [3.05, 3.63) is 20.3 Å². The number of carbonyl (C=O) groups excluding carboxylic acids is 1. The second kappa shape index (κ2) is 6.86. The number of hydrogen-bond acceptors (Lipinski definition) is 3. The van der Waals surface area contributed by atoms with E-state index < -0.39 is 0 Å². The fourth-order valence-electron chi connectivity index (χ4n) is 2.26.